The quantitative estimate of drug-likeness (QED) is 0.177. The Balaban J connectivity index is 0.988. The lowest BCUT2D eigenvalue weighted by Crippen LogP contribution is -2.26. The third-order valence-electron chi connectivity index (χ3n) is 15.4. The molecule has 0 atom stereocenters. The van der Waals surface area contributed by atoms with E-state index in [0.29, 0.717) is 0 Å². The van der Waals surface area contributed by atoms with Gasteiger partial charge in [0.1, 0.15) is 16.7 Å². The first kappa shape index (κ1) is 36.0. The Morgan fingerprint density at radius 2 is 0.758 bits per heavy atom. The van der Waals surface area contributed by atoms with Gasteiger partial charge in [0.15, 0.2) is 5.58 Å². The summed E-state index contributed by atoms with van der Waals surface area (Å²) in [5.41, 5.74) is 22.3. The molecule has 0 fully saturated rings. The van der Waals surface area contributed by atoms with E-state index in [1.54, 1.807) is 0 Å². The van der Waals surface area contributed by atoms with Crippen LogP contribution in [0.1, 0.15) is 45.9 Å². The molecule has 3 aliphatic rings. The number of nitrogens with zero attached hydrogens (tertiary/aromatic N) is 1. The summed E-state index contributed by atoms with van der Waals surface area (Å²) in [6.07, 6.45) is 0. The van der Waals surface area contributed by atoms with E-state index in [2.05, 4.69) is 224 Å². The van der Waals surface area contributed by atoms with E-state index in [-0.39, 0.29) is 0 Å². The Hall–Kier alpha value is -8.40. The van der Waals surface area contributed by atoms with Crippen LogP contribution >= 0.6 is 0 Å². The number of rotatable bonds is 4. The van der Waals surface area contributed by atoms with E-state index in [1.807, 2.05) is 6.07 Å². The zero-order valence-corrected chi connectivity index (χ0v) is 36.0. The first-order valence-electron chi connectivity index (χ1n) is 22.9. The molecule has 15 rings (SSSR count). The van der Waals surface area contributed by atoms with Crippen LogP contribution in [0.3, 0.4) is 0 Å². The van der Waals surface area contributed by atoms with Gasteiger partial charge in [0.25, 0.3) is 0 Å². The Morgan fingerprint density at radius 3 is 1.41 bits per heavy atom. The molecule has 66 heavy (non-hydrogen) atoms. The van der Waals surface area contributed by atoms with Gasteiger partial charge < -0.3 is 13.7 Å². The van der Waals surface area contributed by atoms with Crippen molar-refractivity contribution in [3.05, 3.63) is 257 Å². The highest BCUT2D eigenvalue weighted by Crippen LogP contribution is 2.63. The highest BCUT2D eigenvalue weighted by atomic mass is 16.3. The Bertz CT molecular complexity index is 3940. The van der Waals surface area contributed by atoms with Crippen molar-refractivity contribution in [2.45, 2.75) is 17.8 Å². The van der Waals surface area contributed by atoms with Crippen molar-refractivity contribution in [3.63, 3.8) is 0 Å². The summed E-state index contributed by atoms with van der Waals surface area (Å²) in [5.74, 6) is 0. The van der Waals surface area contributed by atoms with Gasteiger partial charge in [-0.3, -0.25) is 0 Å². The van der Waals surface area contributed by atoms with E-state index in [1.165, 1.54) is 72.3 Å². The van der Waals surface area contributed by atoms with Crippen molar-refractivity contribution in [2.24, 2.45) is 0 Å². The van der Waals surface area contributed by atoms with Crippen LogP contribution in [0, 0.1) is 0 Å². The minimum atomic E-state index is -0.485. The number of furan rings is 2. The molecule has 2 aromatic heterocycles. The van der Waals surface area contributed by atoms with E-state index in [9.17, 15) is 0 Å². The summed E-state index contributed by atoms with van der Waals surface area (Å²) in [6.45, 7) is 2.36. The third kappa shape index (κ3) is 4.42. The van der Waals surface area contributed by atoms with Crippen molar-refractivity contribution in [2.75, 3.05) is 4.90 Å². The Kier molecular flexibility index (Phi) is 7.02. The molecule has 0 N–H and O–H groups in total. The van der Waals surface area contributed by atoms with Gasteiger partial charge in [-0.25, -0.2) is 0 Å². The minimum Gasteiger partial charge on any atom is -0.456 e. The van der Waals surface area contributed by atoms with Crippen molar-refractivity contribution in [1.29, 1.82) is 0 Å². The lowest BCUT2D eigenvalue weighted by Gasteiger charge is -2.32. The summed E-state index contributed by atoms with van der Waals surface area (Å²) in [4.78, 5) is 2.40. The van der Waals surface area contributed by atoms with Crippen LogP contribution < -0.4 is 4.90 Å². The van der Waals surface area contributed by atoms with Gasteiger partial charge in [0, 0.05) is 43.9 Å². The highest BCUT2D eigenvalue weighted by Gasteiger charge is 2.52. The standard InChI is InChI=1S/C63H39NO2/c1-62(50-24-8-2-16-40(50)41-17-3-9-25-51(41)62)55-29-14-22-48-49-36-38(33-35-59(49)65-60(48)55)64(57-30-15-23-47-46-21-7-13-31-58(46)66-61(47)57)39-32-34-45-44-20-6-12-28-54(44)63(56(45)37-39)52-26-10-4-18-42(52)43-19-5-11-27-53(43)63/h2-37H,1H3. The van der Waals surface area contributed by atoms with Crippen molar-refractivity contribution in [1.82, 2.24) is 0 Å². The molecule has 10 aromatic carbocycles. The van der Waals surface area contributed by atoms with E-state index < -0.39 is 10.8 Å². The van der Waals surface area contributed by atoms with Gasteiger partial charge in [0.2, 0.25) is 0 Å². The summed E-state index contributed by atoms with van der Waals surface area (Å²) < 4.78 is 13.9. The lowest BCUT2D eigenvalue weighted by molar-refractivity contribution is 0.638. The molecule has 3 heteroatoms. The van der Waals surface area contributed by atoms with Crippen molar-refractivity contribution < 1.29 is 8.83 Å². The van der Waals surface area contributed by atoms with Crippen LogP contribution in [0.15, 0.2) is 227 Å². The maximum absolute atomic E-state index is 7.04. The molecule has 0 unspecified atom stereocenters. The molecule has 1 spiro atoms. The number of fused-ring (bicyclic) bond motifs is 19. The molecule has 12 aromatic rings. The zero-order valence-electron chi connectivity index (χ0n) is 36.0. The van der Waals surface area contributed by atoms with Gasteiger partial charge >= 0.3 is 0 Å². The van der Waals surface area contributed by atoms with E-state index >= 15 is 0 Å². The maximum Gasteiger partial charge on any atom is 0.159 e. The molecular weight excluding hydrogens is 803 g/mol. The summed E-state index contributed by atoms with van der Waals surface area (Å²) in [5, 5.41) is 4.35. The minimum absolute atomic E-state index is 0.401. The predicted molar refractivity (Wildman–Crippen MR) is 269 cm³/mol. The number of anilines is 3. The third-order valence-corrected chi connectivity index (χ3v) is 15.4. The largest absolute Gasteiger partial charge is 0.456 e. The molecule has 0 saturated heterocycles. The molecule has 0 aliphatic heterocycles. The van der Waals surface area contributed by atoms with Crippen LogP contribution in [0.25, 0.3) is 77.3 Å². The summed E-state index contributed by atoms with van der Waals surface area (Å²) >= 11 is 0. The van der Waals surface area contributed by atoms with E-state index in [4.69, 9.17) is 8.83 Å². The molecule has 0 radical (unpaired) electrons. The number of hydrogen-bond acceptors (Lipinski definition) is 3. The fourth-order valence-electron chi connectivity index (χ4n) is 12.6. The molecule has 3 aliphatic carbocycles. The second-order valence-electron chi connectivity index (χ2n) is 18.4. The smallest absolute Gasteiger partial charge is 0.159 e. The first-order chi connectivity index (χ1) is 32.6. The average Bonchev–Trinajstić information content (AvgIpc) is 4.16. The van der Waals surface area contributed by atoms with Crippen LogP contribution in [0.5, 0.6) is 0 Å². The second kappa shape index (κ2) is 12.9. The number of para-hydroxylation sites is 3. The summed E-state index contributed by atoms with van der Waals surface area (Å²) in [7, 11) is 0. The first-order valence-corrected chi connectivity index (χ1v) is 22.9. The summed E-state index contributed by atoms with van der Waals surface area (Å²) in [6, 6.07) is 80.1. The fourth-order valence-corrected chi connectivity index (χ4v) is 12.6. The van der Waals surface area contributed by atoms with Crippen LogP contribution in [-0.2, 0) is 10.8 Å². The van der Waals surface area contributed by atoms with Crippen molar-refractivity contribution in [3.8, 4) is 33.4 Å². The van der Waals surface area contributed by atoms with Gasteiger partial charge in [-0.15, -0.1) is 0 Å². The van der Waals surface area contributed by atoms with Gasteiger partial charge in [-0.05, 0) is 116 Å². The monoisotopic (exact) mass is 841 g/mol. The Labute approximate surface area is 381 Å². The molecule has 2 heterocycles. The number of hydrogen-bond donors (Lipinski definition) is 0. The maximum atomic E-state index is 7.04. The molecular formula is C63H39NO2. The van der Waals surface area contributed by atoms with E-state index in [0.717, 1.165) is 60.9 Å². The number of benzene rings is 10. The van der Waals surface area contributed by atoms with Crippen LogP contribution in [0.4, 0.5) is 17.1 Å². The predicted octanol–water partition coefficient (Wildman–Crippen LogP) is 16.6. The fraction of sp³-hybridized carbons (Fsp3) is 0.0476. The van der Waals surface area contributed by atoms with Crippen molar-refractivity contribution >= 4 is 60.9 Å². The lowest BCUT2D eigenvalue weighted by atomic mass is 9.70. The molecule has 3 nitrogen and oxygen atoms in total. The molecule has 0 amide bonds. The van der Waals surface area contributed by atoms with Crippen LogP contribution in [-0.4, -0.2) is 0 Å². The SMILES string of the molecule is CC1(c2cccc3c2oc2ccc(N(c4ccc5c(c4)C4(c6ccccc6-c6ccccc64)c4ccccc4-5)c4cccc5c4oc4ccccc45)cc23)c2ccccc2-c2ccccc21. The molecule has 0 bridgehead atoms. The average molecular weight is 842 g/mol. The Morgan fingerprint density at radius 1 is 0.318 bits per heavy atom. The molecule has 0 saturated carbocycles. The van der Waals surface area contributed by atoms with Crippen LogP contribution in [0.2, 0.25) is 0 Å². The van der Waals surface area contributed by atoms with Gasteiger partial charge in [-0.2, -0.15) is 0 Å². The second-order valence-corrected chi connectivity index (χ2v) is 18.4. The van der Waals surface area contributed by atoms with Gasteiger partial charge in [-0.1, -0.05) is 176 Å². The molecule has 308 valence electrons. The normalized spacial score (nSPS) is 14.4. The topological polar surface area (TPSA) is 29.5 Å². The highest BCUT2D eigenvalue weighted by molar-refractivity contribution is 6.12. The zero-order chi connectivity index (χ0) is 43.3. The van der Waals surface area contributed by atoms with Gasteiger partial charge in [0.05, 0.1) is 11.1 Å².